The van der Waals surface area contributed by atoms with E-state index in [1.807, 2.05) is 0 Å². The lowest BCUT2D eigenvalue weighted by atomic mass is 9.93. The molecule has 0 radical (unpaired) electrons. The van der Waals surface area contributed by atoms with Gasteiger partial charge in [0.05, 0.1) is 37.8 Å². The van der Waals surface area contributed by atoms with Crippen molar-refractivity contribution >= 4 is 41.3 Å². The predicted octanol–water partition coefficient (Wildman–Crippen LogP) is 0.192. The van der Waals surface area contributed by atoms with E-state index in [0.29, 0.717) is 56.1 Å². The van der Waals surface area contributed by atoms with Crippen molar-refractivity contribution < 1.29 is 47.8 Å². The highest BCUT2D eigenvalue weighted by Gasteiger charge is 2.60. The number of benzene rings is 2. The number of quaternary nitrogens is 1. The lowest BCUT2D eigenvalue weighted by Crippen LogP contribution is -2.72. The van der Waals surface area contributed by atoms with Gasteiger partial charge in [-0.25, -0.2) is 14.1 Å². The lowest BCUT2D eigenvalue weighted by Gasteiger charge is -2.47. The lowest BCUT2D eigenvalue weighted by molar-refractivity contribution is -0.904. The number of aliphatic hydroxyl groups excluding tert-OH is 1. The van der Waals surface area contributed by atoms with Gasteiger partial charge in [-0.3, -0.25) is 24.1 Å². The number of hydrogen-bond donors (Lipinski definition) is 5. The molecule has 0 aliphatic carbocycles. The maximum atomic E-state index is 14.3. The molecule has 0 bridgehead atoms. The number of nitrogens with one attached hydrogen (secondary N) is 2. The average molecular weight is 739 g/mol. The molecule has 0 aromatic heterocycles. The van der Waals surface area contributed by atoms with E-state index in [1.165, 1.54) is 4.90 Å². The van der Waals surface area contributed by atoms with E-state index in [-0.39, 0.29) is 19.0 Å². The van der Waals surface area contributed by atoms with E-state index in [9.17, 15) is 33.9 Å². The third-order valence-corrected chi connectivity index (χ3v) is 9.92. The van der Waals surface area contributed by atoms with Crippen LogP contribution in [0.2, 0.25) is 0 Å². The van der Waals surface area contributed by atoms with Crippen LogP contribution in [0.15, 0.2) is 54.6 Å². The molecule has 7 N–H and O–H groups in total. The van der Waals surface area contributed by atoms with Gasteiger partial charge in [0.2, 0.25) is 11.8 Å². The van der Waals surface area contributed by atoms with Gasteiger partial charge in [0.1, 0.15) is 11.8 Å². The van der Waals surface area contributed by atoms with Crippen LogP contribution in [-0.2, 0) is 35.1 Å². The largest absolute Gasteiger partial charge is 0.484 e. The average Bonchev–Trinajstić information content (AvgIpc) is 3.61. The fourth-order valence-corrected chi connectivity index (χ4v) is 7.11. The number of morpholine rings is 1. The molecule has 2 aliphatic rings. The Balaban J connectivity index is 1.46. The standard InChI is InChI=1S/C37H51N7O9/c1-37(2,3)44(18-8-11-29(44)33(39)48)35(50)32(47)27(21-24-9-6-5-7-10-24)41-34(49)28(22-30(38)45)40-31(46)23-53-26-14-12-25(13-15-26)42(4)36(51)43-16-19-52-20-17-43/h5-7,9-10,12-15,27-29,32,47H,8,11,16-23H2,1-4H3,(H5-,38,39,40,41,45,46,48,49)/p+1/t27-,28-,29-,32-,44?/m0/s1. The van der Waals surface area contributed by atoms with E-state index < -0.39 is 76.8 Å². The Labute approximate surface area is 309 Å². The highest BCUT2D eigenvalue weighted by Crippen LogP contribution is 2.38. The number of carbonyl (C=O) groups excluding carboxylic acids is 6. The van der Waals surface area contributed by atoms with E-state index in [4.69, 9.17) is 20.9 Å². The molecule has 5 atom stereocenters. The Morgan fingerprint density at radius 1 is 1.00 bits per heavy atom. The number of nitrogens with two attached hydrogens (primary N) is 2. The van der Waals surface area contributed by atoms with E-state index >= 15 is 0 Å². The topological polar surface area (TPSA) is 224 Å². The number of primary amides is 2. The SMILES string of the molecule is CN(C(=O)N1CCOCC1)c1ccc(OCC(=O)N[C@@H](CC(N)=O)C(=O)N[C@@H](Cc2ccccc2)[C@H](O)C(=O)[N+]2(C(C)(C)C)CCC[C@H]2C(N)=O)cc1. The van der Waals surface area contributed by atoms with Crippen molar-refractivity contribution in [2.24, 2.45) is 11.5 Å². The summed E-state index contributed by atoms with van der Waals surface area (Å²) in [5.41, 5.74) is 11.7. The molecule has 16 heteroatoms. The smallest absolute Gasteiger partial charge is 0.345 e. The molecule has 16 nitrogen and oxygen atoms in total. The molecular formula is C37H52N7O9+. The summed E-state index contributed by atoms with van der Waals surface area (Å²) in [4.78, 5) is 81.7. The van der Waals surface area contributed by atoms with E-state index in [1.54, 1.807) is 87.3 Å². The summed E-state index contributed by atoms with van der Waals surface area (Å²) in [6.07, 6.45) is -1.47. The molecule has 288 valence electrons. The Hall–Kier alpha value is -5.06. The second kappa shape index (κ2) is 17.6. The number of aliphatic hydroxyl groups is 1. The van der Waals surface area contributed by atoms with Crippen LogP contribution in [0.5, 0.6) is 5.75 Å². The first-order valence-electron chi connectivity index (χ1n) is 17.7. The summed E-state index contributed by atoms with van der Waals surface area (Å²) in [5, 5.41) is 16.9. The summed E-state index contributed by atoms with van der Waals surface area (Å²) in [6, 6.07) is 11.6. The first-order chi connectivity index (χ1) is 25.0. The number of ether oxygens (including phenoxy) is 2. The number of nitrogens with zero attached hydrogens (tertiary/aromatic N) is 3. The van der Waals surface area contributed by atoms with Gasteiger partial charge in [-0.15, -0.1) is 0 Å². The quantitative estimate of drug-likeness (QED) is 0.167. The van der Waals surface area contributed by atoms with Gasteiger partial charge >= 0.3 is 11.9 Å². The van der Waals surface area contributed by atoms with Crippen LogP contribution in [0, 0.1) is 0 Å². The molecular weight excluding hydrogens is 686 g/mol. The van der Waals surface area contributed by atoms with Crippen molar-refractivity contribution in [3.63, 3.8) is 0 Å². The molecule has 7 amide bonds. The fraction of sp³-hybridized carbons (Fsp3) is 0.514. The maximum Gasteiger partial charge on any atom is 0.345 e. The number of carbonyl (C=O) groups is 6. The third-order valence-electron chi connectivity index (χ3n) is 9.92. The van der Waals surface area contributed by atoms with Crippen molar-refractivity contribution in [1.82, 2.24) is 15.5 Å². The Morgan fingerprint density at radius 3 is 2.23 bits per heavy atom. The van der Waals surface area contributed by atoms with Crippen LogP contribution < -0.4 is 31.7 Å². The van der Waals surface area contributed by atoms with Gasteiger partial charge in [-0.1, -0.05) is 30.3 Å². The van der Waals surface area contributed by atoms with Crippen molar-refractivity contribution in [3.05, 3.63) is 60.2 Å². The molecule has 1 unspecified atom stereocenters. The summed E-state index contributed by atoms with van der Waals surface area (Å²) >= 11 is 0. The summed E-state index contributed by atoms with van der Waals surface area (Å²) in [7, 11) is 1.65. The number of likely N-dealkylation sites (tertiary alicyclic amines) is 1. The van der Waals surface area contributed by atoms with Crippen molar-refractivity contribution in [1.29, 1.82) is 0 Å². The van der Waals surface area contributed by atoms with Crippen LogP contribution in [0.1, 0.15) is 45.6 Å². The normalized spacial score (nSPS) is 20.4. The number of urea groups is 1. The zero-order valence-electron chi connectivity index (χ0n) is 30.8. The zero-order chi connectivity index (χ0) is 38.9. The second-order valence-corrected chi connectivity index (χ2v) is 14.4. The van der Waals surface area contributed by atoms with Gasteiger partial charge in [0.15, 0.2) is 18.8 Å². The van der Waals surface area contributed by atoms with Gasteiger partial charge in [-0.05, 0) is 57.0 Å². The molecule has 0 spiro atoms. The first-order valence-corrected chi connectivity index (χ1v) is 17.7. The number of hydrogen-bond acceptors (Lipinski definition) is 9. The van der Waals surface area contributed by atoms with Gasteiger partial charge in [0, 0.05) is 38.7 Å². The summed E-state index contributed by atoms with van der Waals surface area (Å²) in [6.45, 7) is 7.07. The predicted molar refractivity (Wildman–Crippen MR) is 194 cm³/mol. The highest BCUT2D eigenvalue weighted by molar-refractivity contribution is 5.93. The van der Waals surface area contributed by atoms with Gasteiger partial charge in [-0.2, -0.15) is 0 Å². The van der Waals surface area contributed by atoms with Crippen LogP contribution in [0.25, 0.3) is 0 Å². The number of rotatable bonds is 14. The first kappa shape index (κ1) is 40.7. The van der Waals surface area contributed by atoms with Crippen molar-refractivity contribution in [2.75, 3.05) is 51.4 Å². The van der Waals surface area contributed by atoms with Crippen LogP contribution >= 0.6 is 0 Å². The minimum atomic E-state index is -1.79. The molecule has 2 fully saturated rings. The molecule has 4 rings (SSSR count). The third kappa shape index (κ3) is 9.88. The monoisotopic (exact) mass is 738 g/mol. The minimum Gasteiger partial charge on any atom is -0.484 e. The van der Waals surface area contributed by atoms with Gasteiger partial charge < -0.3 is 41.6 Å². The molecule has 2 saturated heterocycles. The van der Waals surface area contributed by atoms with Crippen molar-refractivity contribution in [3.8, 4) is 5.75 Å². The van der Waals surface area contributed by atoms with Crippen LogP contribution in [0.4, 0.5) is 10.5 Å². The Kier molecular flexibility index (Phi) is 13.5. The molecule has 2 heterocycles. The molecule has 2 aliphatic heterocycles. The van der Waals surface area contributed by atoms with E-state index in [2.05, 4.69) is 10.6 Å². The highest BCUT2D eigenvalue weighted by atomic mass is 16.5. The van der Waals surface area contributed by atoms with Gasteiger partial charge in [0.25, 0.3) is 11.8 Å². The summed E-state index contributed by atoms with van der Waals surface area (Å²) < 4.78 is 10.5. The molecule has 2 aromatic carbocycles. The fourth-order valence-electron chi connectivity index (χ4n) is 7.11. The second-order valence-electron chi connectivity index (χ2n) is 14.4. The summed E-state index contributed by atoms with van der Waals surface area (Å²) in [5.74, 6) is -3.51. The number of anilines is 1. The molecule has 53 heavy (non-hydrogen) atoms. The number of amides is 7. The Morgan fingerprint density at radius 2 is 1.64 bits per heavy atom. The Bertz CT molecular complexity index is 1630. The maximum absolute atomic E-state index is 14.3. The van der Waals surface area contributed by atoms with Crippen LogP contribution in [0.3, 0.4) is 0 Å². The van der Waals surface area contributed by atoms with E-state index in [0.717, 1.165) is 0 Å². The minimum absolute atomic E-state index is 0.00838. The molecule has 2 aromatic rings. The van der Waals surface area contributed by atoms with Crippen molar-refractivity contribution in [2.45, 2.75) is 76.2 Å². The molecule has 0 saturated carbocycles. The van der Waals surface area contributed by atoms with Crippen LogP contribution in [-0.4, -0.2) is 126 Å². The zero-order valence-corrected chi connectivity index (χ0v) is 30.8.